The molecule has 5 atom stereocenters. The van der Waals surface area contributed by atoms with E-state index in [0.29, 0.717) is 18.4 Å². The largest absolute Gasteiger partial charge is 0.379 e. The number of allylic oxidation sites excluding steroid dienone is 1. The van der Waals surface area contributed by atoms with Gasteiger partial charge in [-0.2, -0.15) is 0 Å². The van der Waals surface area contributed by atoms with Crippen LogP contribution in [-0.4, -0.2) is 51.8 Å². The lowest BCUT2D eigenvalue weighted by atomic mass is 9.70. The van der Waals surface area contributed by atoms with E-state index in [0.717, 1.165) is 26.1 Å². The summed E-state index contributed by atoms with van der Waals surface area (Å²) in [5.74, 6) is 0.730. The minimum absolute atomic E-state index is 0.00892. The van der Waals surface area contributed by atoms with Gasteiger partial charge in [0.25, 0.3) is 0 Å². The Labute approximate surface area is 128 Å². The second-order valence-corrected chi connectivity index (χ2v) is 6.69. The monoisotopic (exact) mass is 298 g/mol. The van der Waals surface area contributed by atoms with Crippen molar-refractivity contribution >= 4 is 0 Å². The molecule has 0 aromatic heterocycles. The maximum absolute atomic E-state index is 5.84. The van der Waals surface area contributed by atoms with Crippen LogP contribution in [-0.2, 0) is 18.9 Å². The lowest BCUT2D eigenvalue weighted by Gasteiger charge is -2.43. The SMILES string of the molecule is COC1CC[C@]2(CO2)C(C(C)COCC=C(C)C)C1OC. The van der Waals surface area contributed by atoms with Gasteiger partial charge in [0, 0.05) is 20.1 Å². The van der Waals surface area contributed by atoms with E-state index in [-0.39, 0.29) is 17.8 Å². The van der Waals surface area contributed by atoms with E-state index < -0.39 is 0 Å². The van der Waals surface area contributed by atoms with Gasteiger partial charge in [-0.3, -0.25) is 0 Å². The summed E-state index contributed by atoms with van der Waals surface area (Å²) in [7, 11) is 3.55. The molecule has 1 spiro atoms. The van der Waals surface area contributed by atoms with Crippen LogP contribution in [0.25, 0.3) is 0 Å². The molecule has 1 heterocycles. The van der Waals surface area contributed by atoms with E-state index >= 15 is 0 Å². The lowest BCUT2D eigenvalue weighted by molar-refractivity contribution is -0.130. The van der Waals surface area contributed by atoms with Crippen LogP contribution < -0.4 is 0 Å². The number of methoxy groups -OCH3 is 2. The highest BCUT2D eigenvalue weighted by molar-refractivity contribution is 5.08. The molecule has 0 bridgehead atoms. The quantitative estimate of drug-likeness (QED) is 0.412. The van der Waals surface area contributed by atoms with Crippen LogP contribution in [0.4, 0.5) is 0 Å². The predicted molar refractivity (Wildman–Crippen MR) is 82.4 cm³/mol. The van der Waals surface area contributed by atoms with Crippen molar-refractivity contribution in [2.75, 3.05) is 34.0 Å². The first kappa shape index (κ1) is 16.9. The van der Waals surface area contributed by atoms with Crippen molar-refractivity contribution in [2.24, 2.45) is 11.8 Å². The van der Waals surface area contributed by atoms with E-state index in [1.165, 1.54) is 5.57 Å². The van der Waals surface area contributed by atoms with Gasteiger partial charge in [-0.15, -0.1) is 0 Å². The Morgan fingerprint density at radius 3 is 2.57 bits per heavy atom. The lowest BCUT2D eigenvalue weighted by Crippen LogP contribution is -2.52. The number of epoxide rings is 1. The topological polar surface area (TPSA) is 40.2 Å². The van der Waals surface area contributed by atoms with Crippen LogP contribution in [0.1, 0.15) is 33.6 Å². The maximum atomic E-state index is 5.84. The zero-order chi connectivity index (χ0) is 15.5. The van der Waals surface area contributed by atoms with Gasteiger partial charge in [0.1, 0.15) is 0 Å². The minimum Gasteiger partial charge on any atom is -0.379 e. The number of hydrogen-bond acceptors (Lipinski definition) is 4. The van der Waals surface area contributed by atoms with Gasteiger partial charge in [-0.25, -0.2) is 0 Å². The molecule has 21 heavy (non-hydrogen) atoms. The van der Waals surface area contributed by atoms with Crippen LogP contribution in [0.2, 0.25) is 0 Å². The first-order valence-corrected chi connectivity index (χ1v) is 7.94. The third-order valence-electron chi connectivity index (χ3n) is 4.87. The fourth-order valence-electron chi connectivity index (χ4n) is 3.65. The van der Waals surface area contributed by atoms with Gasteiger partial charge in [-0.1, -0.05) is 18.6 Å². The van der Waals surface area contributed by atoms with Crippen LogP contribution >= 0.6 is 0 Å². The van der Waals surface area contributed by atoms with Gasteiger partial charge < -0.3 is 18.9 Å². The number of rotatable bonds is 7. The van der Waals surface area contributed by atoms with E-state index in [2.05, 4.69) is 26.8 Å². The third kappa shape index (κ3) is 3.86. The van der Waals surface area contributed by atoms with Gasteiger partial charge in [0.2, 0.25) is 0 Å². The van der Waals surface area contributed by atoms with Crippen molar-refractivity contribution in [3.05, 3.63) is 11.6 Å². The van der Waals surface area contributed by atoms with E-state index in [1.807, 2.05) is 0 Å². The van der Waals surface area contributed by atoms with Crippen LogP contribution in [0.3, 0.4) is 0 Å². The molecule has 4 heteroatoms. The minimum atomic E-state index is 0.00892. The Balaban J connectivity index is 1.97. The van der Waals surface area contributed by atoms with Crippen molar-refractivity contribution in [1.82, 2.24) is 0 Å². The molecule has 1 aliphatic heterocycles. The molecule has 2 fully saturated rings. The van der Waals surface area contributed by atoms with Crippen molar-refractivity contribution in [3.8, 4) is 0 Å². The molecule has 0 aromatic rings. The molecule has 0 N–H and O–H groups in total. The van der Waals surface area contributed by atoms with Gasteiger partial charge in [-0.05, 0) is 32.6 Å². The van der Waals surface area contributed by atoms with Crippen molar-refractivity contribution < 1.29 is 18.9 Å². The summed E-state index contributed by atoms with van der Waals surface area (Å²) in [5.41, 5.74) is 1.30. The van der Waals surface area contributed by atoms with Gasteiger partial charge in [0.05, 0.1) is 37.6 Å². The van der Waals surface area contributed by atoms with Gasteiger partial charge >= 0.3 is 0 Å². The molecule has 4 nitrogen and oxygen atoms in total. The first-order chi connectivity index (χ1) is 10.0. The van der Waals surface area contributed by atoms with Crippen molar-refractivity contribution in [2.45, 2.75) is 51.4 Å². The number of hydrogen-bond donors (Lipinski definition) is 0. The van der Waals surface area contributed by atoms with E-state index in [4.69, 9.17) is 18.9 Å². The molecule has 0 amide bonds. The molecule has 2 rings (SSSR count). The fourth-order valence-corrected chi connectivity index (χ4v) is 3.65. The first-order valence-electron chi connectivity index (χ1n) is 7.94. The highest BCUT2D eigenvalue weighted by Gasteiger charge is 2.60. The fraction of sp³-hybridized carbons (Fsp3) is 0.882. The summed E-state index contributed by atoms with van der Waals surface area (Å²) in [5, 5.41) is 0. The van der Waals surface area contributed by atoms with Crippen molar-refractivity contribution in [3.63, 3.8) is 0 Å². The summed E-state index contributed by atoms with van der Waals surface area (Å²) in [6, 6.07) is 0. The Hall–Kier alpha value is -0.420. The maximum Gasteiger partial charge on any atom is 0.0974 e. The Bertz CT molecular complexity index is 358. The molecular weight excluding hydrogens is 268 g/mol. The molecule has 122 valence electrons. The third-order valence-corrected chi connectivity index (χ3v) is 4.87. The number of ether oxygens (including phenoxy) is 4. The zero-order valence-electron chi connectivity index (χ0n) is 14.1. The summed E-state index contributed by atoms with van der Waals surface area (Å²) in [6.07, 6.45) is 4.44. The zero-order valence-corrected chi connectivity index (χ0v) is 14.1. The molecule has 2 aliphatic rings. The molecule has 4 unspecified atom stereocenters. The normalized spacial score (nSPS) is 36.5. The molecule has 1 saturated carbocycles. The Morgan fingerprint density at radius 2 is 2.05 bits per heavy atom. The molecule has 0 aromatic carbocycles. The summed E-state index contributed by atoms with van der Waals surface area (Å²) < 4.78 is 23.0. The highest BCUT2D eigenvalue weighted by Crippen LogP contribution is 2.50. The van der Waals surface area contributed by atoms with Gasteiger partial charge in [0.15, 0.2) is 0 Å². The molecule has 0 radical (unpaired) electrons. The Morgan fingerprint density at radius 1 is 1.33 bits per heavy atom. The summed E-state index contributed by atoms with van der Waals surface area (Å²) in [4.78, 5) is 0. The second kappa shape index (κ2) is 7.23. The average Bonchev–Trinajstić information content (AvgIpc) is 3.22. The molecule has 1 aliphatic carbocycles. The van der Waals surface area contributed by atoms with Crippen LogP contribution in [0.5, 0.6) is 0 Å². The molecular formula is C17H30O4. The standard InChI is InChI=1S/C17H30O4/c1-12(2)7-9-20-10-13(3)15-16(19-5)14(18-4)6-8-17(15)11-21-17/h7,13-16H,6,8-11H2,1-5H3/t13?,14?,15?,16?,17-/m0/s1. The predicted octanol–water partition coefficient (Wildman–Crippen LogP) is 2.81. The average molecular weight is 298 g/mol. The van der Waals surface area contributed by atoms with E-state index in [9.17, 15) is 0 Å². The summed E-state index contributed by atoms with van der Waals surface area (Å²) in [6.45, 7) is 8.68. The Kier molecular flexibility index (Phi) is 5.83. The smallest absolute Gasteiger partial charge is 0.0974 e. The van der Waals surface area contributed by atoms with Crippen molar-refractivity contribution in [1.29, 1.82) is 0 Å². The second-order valence-electron chi connectivity index (χ2n) is 6.69. The van der Waals surface area contributed by atoms with E-state index in [1.54, 1.807) is 14.2 Å². The van der Waals surface area contributed by atoms with Crippen LogP contribution in [0, 0.1) is 11.8 Å². The highest BCUT2D eigenvalue weighted by atomic mass is 16.6. The molecule has 1 saturated heterocycles. The van der Waals surface area contributed by atoms with Crippen LogP contribution in [0.15, 0.2) is 11.6 Å². The summed E-state index contributed by atoms with van der Waals surface area (Å²) >= 11 is 0.